The largest absolute Gasteiger partial charge is 0.356 e. The normalized spacial score (nSPS) is 14.3. The van der Waals surface area contributed by atoms with E-state index in [2.05, 4.69) is 47.6 Å². The molecule has 2 aromatic heterocycles. The Hall–Kier alpha value is -1.95. The lowest BCUT2D eigenvalue weighted by atomic mass is 10.3. The molecule has 164 valence electrons. The summed E-state index contributed by atoms with van der Waals surface area (Å²) in [4.78, 5) is 32.9. The molecule has 1 amide bonds. The molecular weight excluding hydrogens is 513 g/mol. The fourth-order valence-corrected chi connectivity index (χ4v) is 3.97. The Kier molecular flexibility index (Phi) is 10.3. The maximum Gasteiger partial charge on any atom is 0.225 e. The lowest BCUT2D eigenvalue weighted by Crippen LogP contribution is -2.50. The number of likely N-dealkylation sites (N-methyl/N-ethyl adjacent to an activating group) is 1. The fraction of sp³-hybridized carbons (Fsp3) is 0.500. The van der Waals surface area contributed by atoms with E-state index in [1.54, 1.807) is 30.8 Å². The smallest absolute Gasteiger partial charge is 0.225 e. The minimum Gasteiger partial charge on any atom is -0.356 e. The summed E-state index contributed by atoms with van der Waals surface area (Å²) in [5.74, 6) is 1.72. The van der Waals surface area contributed by atoms with Crippen molar-refractivity contribution in [1.29, 1.82) is 0 Å². The lowest BCUT2D eigenvalue weighted by Gasteiger charge is -2.34. The van der Waals surface area contributed by atoms with Crippen LogP contribution in [0.1, 0.15) is 11.3 Å². The Morgan fingerprint density at radius 3 is 2.60 bits per heavy atom. The highest BCUT2D eigenvalue weighted by atomic mass is 127. The molecule has 1 N–H and O–H groups in total. The molecule has 0 aliphatic carbocycles. The molecule has 10 heteroatoms. The van der Waals surface area contributed by atoms with Crippen molar-refractivity contribution in [2.75, 3.05) is 58.3 Å². The second-order valence-corrected chi connectivity index (χ2v) is 7.92. The first kappa shape index (κ1) is 24.3. The van der Waals surface area contributed by atoms with E-state index in [-0.39, 0.29) is 29.9 Å². The van der Waals surface area contributed by atoms with Gasteiger partial charge in [0.05, 0.1) is 0 Å². The number of aliphatic imine (C=N–C) groups is 1. The van der Waals surface area contributed by atoms with Gasteiger partial charge in [-0.15, -0.1) is 35.3 Å². The summed E-state index contributed by atoms with van der Waals surface area (Å²) < 4.78 is 0. The standard InChI is InChI=1S/C20H29N7OS.HI/c1-21-19(25(2)11-7-17-5-3-16-29-17)24-10-6-18(28)26-12-14-27(15-13-26)20-22-8-4-9-23-20;/h3-5,8-9,16H,6-7,10-15H2,1-2H3,(H,21,24);1H. The Bertz CT molecular complexity index is 780. The van der Waals surface area contributed by atoms with Crippen LogP contribution in [0.15, 0.2) is 41.0 Å². The average molecular weight is 543 g/mol. The van der Waals surface area contributed by atoms with Crippen LogP contribution in [0.2, 0.25) is 0 Å². The summed E-state index contributed by atoms with van der Waals surface area (Å²) in [7, 11) is 3.80. The van der Waals surface area contributed by atoms with E-state index in [0.717, 1.165) is 38.0 Å². The fourth-order valence-electron chi connectivity index (χ4n) is 3.27. The number of guanidine groups is 1. The van der Waals surface area contributed by atoms with Gasteiger partial charge in [0.2, 0.25) is 11.9 Å². The summed E-state index contributed by atoms with van der Waals surface area (Å²) in [5, 5.41) is 5.40. The highest BCUT2D eigenvalue weighted by molar-refractivity contribution is 14.0. The van der Waals surface area contributed by atoms with Gasteiger partial charge in [0.15, 0.2) is 5.96 Å². The molecule has 30 heavy (non-hydrogen) atoms. The first-order chi connectivity index (χ1) is 14.2. The van der Waals surface area contributed by atoms with E-state index in [4.69, 9.17) is 0 Å². The quantitative estimate of drug-likeness (QED) is 0.327. The van der Waals surface area contributed by atoms with Crippen LogP contribution in [0, 0.1) is 0 Å². The highest BCUT2D eigenvalue weighted by Gasteiger charge is 2.22. The van der Waals surface area contributed by atoms with E-state index in [1.807, 2.05) is 18.0 Å². The summed E-state index contributed by atoms with van der Waals surface area (Å²) in [5.41, 5.74) is 0. The Morgan fingerprint density at radius 1 is 1.23 bits per heavy atom. The summed E-state index contributed by atoms with van der Waals surface area (Å²) in [6, 6.07) is 6.03. The first-order valence-corrected chi connectivity index (χ1v) is 10.8. The maximum absolute atomic E-state index is 12.5. The van der Waals surface area contributed by atoms with E-state index in [9.17, 15) is 4.79 Å². The monoisotopic (exact) mass is 543 g/mol. The maximum atomic E-state index is 12.5. The second kappa shape index (κ2) is 12.7. The predicted molar refractivity (Wildman–Crippen MR) is 133 cm³/mol. The number of thiophene rings is 1. The minimum absolute atomic E-state index is 0. The molecule has 0 unspecified atom stereocenters. The molecule has 0 saturated carbocycles. The van der Waals surface area contributed by atoms with Gasteiger partial charge < -0.3 is 20.0 Å². The van der Waals surface area contributed by atoms with Gasteiger partial charge in [-0.05, 0) is 23.9 Å². The number of anilines is 1. The van der Waals surface area contributed by atoms with Gasteiger partial charge in [-0.1, -0.05) is 6.07 Å². The molecule has 0 spiro atoms. The number of piperazine rings is 1. The molecule has 0 radical (unpaired) electrons. The van der Waals surface area contributed by atoms with Gasteiger partial charge in [0.1, 0.15) is 0 Å². The zero-order chi connectivity index (χ0) is 20.5. The van der Waals surface area contributed by atoms with Crippen molar-refractivity contribution < 1.29 is 4.79 Å². The third kappa shape index (κ3) is 7.08. The van der Waals surface area contributed by atoms with Gasteiger partial charge in [-0.3, -0.25) is 9.79 Å². The van der Waals surface area contributed by atoms with Crippen LogP contribution in [0.4, 0.5) is 5.95 Å². The van der Waals surface area contributed by atoms with Gasteiger partial charge in [0, 0.05) is 77.1 Å². The molecule has 1 saturated heterocycles. The zero-order valence-corrected chi connectivity index (χ0v) is 20.7. The van der Waals surface area contributed by atoms with Crippen molar-refractivity contribution in [3.63, 3.8) is 0 Å². The van der Waals surface area contributed by atoms with Crippen LogP contribution in [0.25, 0.3) is 0 Å². The molecule has 0 bridgehead atoms. The van der Waals surface area contributed by atoms with Crippen LogP contribution in [-0.2, 0) is 11.2 Å². The number of hydrogen-bond acceptors (Lipinski definition) is 6. The van der Waals surface area contributed by atoms with Crippen molar-refractivity contribution in [2.24, 2.45) is 4.99 Å². The molecule has 3 rings (SSSR count). The van der Waals surface area contributed by atoms with Gasteiger partial charge in [-0.25, -0.2) is 9.97 Å². The van der Waals surface area contributed by atoms with Crippen molar-refractivity contribution in [2.45, 2.75) is 12.8 Å². The topological polar surface area (TPSA) is 77.0 Å². The molecule has 1 aliphatic rings. The van der Waals surface area contributed by atoms with Gasteiger partial charge >= 0.3 is 0 Å². The molecule has 0 aromatic carbocycles. The SMILES string of the molecule is CN=C(NCCC(=O)N1CCN(c2ncccn2)CC1)N(C)CCc1cccs1.I. The van der Waals surface area contributed by atoms with Crippen molar-refractivity contribution >= 4 is 53.1 Å². The van der Waals surface area contributed by atoms with E-state index in [1.165, 1.54) is 4.88 Å². The van der Waals surface area contributed by atoms with Crippen LogP contribution in [0.3, 0.4) is 0 Å². The van der Waals surface area contributed by atoms with Crippen molar-refractivity contribution in [3.8, 4) is 0 Å². The van der Waals surface area contributed by atoms with Crippen LogP contribution in [-0.4, -0.2) is 85.0 Å². The number of hydrogen-bond donors (Lipinski definition) is 1. The summed E-state index contributed by atoms with van der Waals surface area (Å²) in [6.45, 7) is 4.39. The third-order valence-electron chi connectivity index (χ3n) is 4.94. The molecule has 1 fully saturated rings. The van der Waals surface area contributed by atoms with Gasteiger partial charge in [-0.2, -0.15) is 0 Å². The summed E-state index contributed by atoms with van der Waals surface area (Å²) >= 11 is 1.77. The van der Waals surface area contributed by atoms with Crippen LogP contribution in [0.5, 0.6) is 0 Å². The van der Waals surface area contributed by atoms with E-state index in [0.29, 0.717) is 26.1 Å². The van der Waals surface area contributed by atoms with Gasteiger partial charge in [0.25, 0.3) is 0 Å². The molecule has 8 nitrogen and oxygen atoms in total. The molecule has 3 heterocycles. The number of nitrogens with one attached hydrogen (secondary N) is 1. The number of aromatic nitrogens is 2. The average Bonchev–Trinajstić information content (AvgIpc) is 3.29. The number of halogens is 1. The predicted octanol–water partition coefficient (Wildman–Crippen LogP) is 1.94. The first-order valence-electron chi connectivity index (χ1n) is 9.91. The van der Waals surface area contributed by atoms with E-state index >= 15 is 0 Å². The van der Waals surface area contributed by atoms with Crippen molar-refractivity contribution in [3.05, 3.63) is 40.8 Å². The van der Waals surface area contributed by atoms with Crippen LogP contribution < -0.4 is 10.2 Å². The number of nitrogens with zero attached hydrogens (tertiary/aromatic N) is 6. The minimum atomic E-state index is 0. The summed E-state index contributed by atoms with van der Waals surface area (Å²) in [6.07, 6.45) is 4.94. The number of carbonyl (C=O) groups excluding carboxylic acids is 1. The van der Waals surface area contributed by atoms with Crippen molar-refractivity contribution in [1.82, 2.24) is 25.1 Å². The zero-order valence-electron chi connectivity index (χ0n) is 17.5. The lowest BCUT2D eigenvalue weighted by molar-refractivity contribution is -0.131. The number of amides is 1. The van der Waals surface area contributed by atoms with E-state index < -0.39 is 0 Å². The van der Waals surface area contributed by atoms with Crippen LogP contribution >= 0.6 is 35.3 Å². The third-order valence-corrected chi connectivity index (χ3v) is 5.87. The molecule has 2 aromatic rings. The highest BCUT2D eigenvalue weighted by Crippen LogP contribution is 2.11. The molecule has 1 aliphatic heterocycles. The molecular formula is C20H30IN7OS. The Morgan fingerprint density at radius 2 is 1.97 bits per heavy atom. The molecule has 0 atom stereocenters. The Balaban J connectivity index is 0.00000320. The Labute approximate surface area is 199 Å². The number of carbonyl (C=O) groups is 1. The number of rotatable bonds is 7. The second-order valence-electron chi connectivity index (χ2n) is 6.89.